The monoisotopic (exact) mass is 913 g/mol. The van der Waals surface area contributed by atoms with Crippen LogP contribution >= 0.6 is 0 Å². The molecule has 1 aromatic heterocycles. The average Bonchev–Trinajstić information content (AvgIpc) is 3.88. The van der Waals surface area contributed by atoms with Crippen LogP contribution in [0.15, 0.2) is 168 Å². The van der Waals surface area contributed by atoms with Crippen molar-refractivity contribution in [1.29, 1.82) is 0 Å². The van der Waals surface area contributed by atoms with Gasteiger partial charge in [-0.25, -0.2) is 0 Å². The van der Waals surface area contributed by atoms with E-state index in [1.807, 2.05) is 94.7 Å². The summed E-state index contributed by atoms with van der Waals surface area (Å²) in [6, 6.07) is 51.9. The first-order valence-electron chi connectivity index (χ1n) is 23.5. The van der Waals surface area contributed by atoms with Crippen LogP contribution in [0.2, 0.25) is 0 Å². The van der Waals surface area contributed by atoms with Crippen LogP contribution in [-0.2, 0) is 38.4 Å². The highest BCUT2D eigenvalue weighted by molar-refractivity contribution is 5.99. The molecule has 0 aliphatic heterocycles. The van der Waals surface area contributed by atoms with Gasteiger partial charge in [0.25, 0.3) is 0 Å². The Morgan fingerprint density at radius 1 is 0.515 bits per heavy atom. The van der Waals surface area contributed by atoms with E-state index < -0.39 is 18.4 Å². The Morgan fingerprint density at radius 2 is 0.956 bits per heavy atom. The van der Waals surface area contributed by atoms with E-state index >= 15 is 0 Å². The molecule has 0 saturated carbocycles. The number of carbonyl (C=O) groups excluding carboxylic acids is 2. The van der Waals surface area contributed by atoms with Crippen molar-refractivity contribution < 1.29 is 23.5 Å². The first kappa shape index (κ1) is 50.8. The van der Waals surface area contributed by atoms with Gasteiger partial charge in [-0.2, -0.15) is 0 Å². The first-order valence-corrected chi connectivity index (χ1v) is 23.5. The van der Waals surface area contributed by atoms with Crippen molar-refractivity contribution in [2.45, 2.75) is 79.3 Å². The van der Waals surface area contributed by atoms with E-state index in [0.717, 1.165) is 46.7 Å². The number of nitrogens with zero attached hydrogens (tertiary/aromatic N) is 2. The van der Waals surface area contributed by atoms with E-state index in [1.54, 1.807) is 20.5 Å². The summed E-state index contributed by atoms with van der Waals surface area (Å²) in [4.78, 5) is 32.0. The molecule has 0 fully saturated rings. The van der Waals surface area contributed by atoms with Crippen LogP contribution in [0, 0.1) is 41.5 Å². The first-order chi connectivity index (χ1) is 32.9. The van der Waals surface area contributed by atoms with E-state index in [1.165, 1.54) is 38.9 Å². The second-order valence-electron chi connectivity index (χ2n) is 17.4. The van der Waals surface area contributed by atoms with Gasteiger partial charge in [0.2, 0.25) is 11.8 Å². The molecule has 6 aromatic carbocycles. The van der Waals surface area contributed by atoms with Crippen LogP contribution in [-0.4, -0.2) is 52.0 Å². The van der Waals surface area contributed by atoms with Gasteiger partial charge in [-0.1, -0.05) is 132 Å². The second kappa shape index (κ2) is 25.5. The summed E-state index contributed by atoms with van der Waals surface area (Å²) >= 11 is 0. The van der Waals surface area contributed by atoms with Gasteiger partial charge in [-0.3, -0.25) is 20.2 Å². The van der Waals surface area contributed by atoms with Crippen LogP contribution in [0.1, 0.15) is 73.5 Å². The number of amides is 2. The molecule has 7 rings (SSSR count). The minimum absolute atomic E-state index is 0.00693. The zero-order valence-corrected chi connectivity index (χ0v) is 41.0. The molecule has 0 radical (unpaired) electrons. The Balaban J connectivity index is 0.000000224. The van der Waals surface area contributed by atoms with Gasteiger partial charge in [0.05, 0.1) is 12.8 Å². The smallest absolute Gasteiger partial charge is 0.248 e. The number of hydrogen-bond donors (Lipinski definition) is 2. The number of anilines is 2. The summed E-state index contributed by atoms with van der Waals surface area (Å²) in [6.07, 6.45) is 2.75. The van der Waals surface area contributed by atoms with Crippen LogP contribution in [0.4, 0.5) is 11.4 Å². The number of nitrogens with one attached hydrogen (secondary N) is 2. The maximum absolute atomic E-state index is 14.1. The lowest BCUT2D eigenvalue weighted by Crippen LogP contribution is -2.44. The molecule has 7 aromatic rings. The Kier molecular flexibility index (Phi) is 19.0. The molecule has 2 unspecified atom stereocenters. The number of methoxy groups -OCH3 is 2. The number of aryl methyl sites for hydroxylation is 6. The predicted molar refractivity (Wildman–Crippen MR) is 276 cm³/mol. The zero-order chi connectivity index (χ0) is 48.4. The molecule has 1 heterocycles. The van der Waals surface area contributed by atoms with Crippen molar-refractivity contribution in [2.24, 2.45) is 0 Å². The van der Waals surface area contributed by atoms with Crippen molar-refractivity contribution >= 4 is 23.2 Å². The van der Waals surface area contributed by atoms with Crippen LogP contribution in [0.3, 0.4) is 0 Å². The minimum Gasteiger partial charge on any atom is -0.468 e. The number of furan rings is 1. The van der Waals surface area contributed by atoms with Gasteiger partial charge >= 0.3 is 0 Å². The summed E-state index contributed by atoms with van der Waals surface area (Å²) in [6.45, 7) is 14.5. The van der Waals surface area contributed by atoms with Crippen molar-refractivity contribution in [2.75, 3.05) is 43.7 Å². The van der Waals surface area contributed by atoms with E-state index in [-0.39, 0.29) is 11.8 Å². The largest absolute Gasteiger partial charge is 0.468 e. The highest BCUT2D eigenvalue weighted by Gasteiger charge is 2.29. The van der Waals surface area contributed by atoms with E-state index in [4.69, 9.17) is 13.9 Å². The predicted octanol–water partition coefficient (Wildman–Crippen LogP) is 11.4. The van der Waals surface area contributed by atoms with Crippen LogP contribution in [0.25, 0.3) is 0 Å². The summed E-state index contributed by atoms with van der Waals surface area (Å²) in [5, 5.41) is 6.81. The SMILES string of the molecule is COC(CNC(C(=O)N(CCc1ccc(C)cc1)c1ccc(C)c(C)c1)c1ccccc1)OC.Cc1ccc(CCN(C(=O)C(NCc2ccco2)c2ccccc2)c2ccc(C)c(C)c2)cc1. The van der Waals surface area contributed by atoms with Crippen LogP contribution in [0.5, 0.6) is 0 Å². The van der Waals surface area contributed by atoms with Gasteiger partial charge in [-0.05, 0) is 135 Å². The highest BCUT2D eigenvalue weighted by Crippen LogP contribution is 2.27. The molecule has 2 atom stereocenters. The molecule has 2 amide bonds. The number of ether oxygens (including phenoxy) is 2. The standard InChI is InChI=1S/C30H32N2O2.C29H36N2O3/c1-22-11-14-25(15-12-22)17-18-32(27-16-13-23(2)24(3)20-27)30(33)29(26-8-5-4-6-9-26)31-21-28-10-7-19-34-28;1-21-11-14-24(15-12-21)17-18-31(26-16-13-22(2)23(3)19-26)29(32)28(25-9-7-6-8-10-25)30-20-27(33-4)34-5/h4-16,19-20,29,31H,17-18,21H2,1-3H3;6-16,19,27-28,30H,17-18,20H2,1-5H3. The molecule has 9 heteroatoms. The highest BCUT2D eigenvalue weighted by atomic mass is 16.7. The number of rotatable bonds is 20. The number of benzene rings is 6. The summed E-state index contributed by atoms with van der Waals surface area (Å²) in [5.41, 5.74) is 13.3. The average molecular weight is 913 g/mol. The maximum atomic E-state index is 14.1. The number of hydrogen-bond acceptors (Lipinski definition) is 7. The van der Waals surface area contributed by atoms with Crippen molar-refractivity contribution in [1.82, 2.24) is 10.6 Å². The zero-order valence-electron chi connectivity index (χ0n) is 41.0. The Bertz CT molecular complexity index is 2610. The molecule has 68 heavy (non-hydrogen) atoms. The van der Waals surface area contributed by atoms with Gasteiger partial charge in [0, 0.05) is 45.2 Å². The normalized spacial score (nSPS) is 12.0. The lowest BCUT2D eigenvalue weighted by Gasteiger charge is -2.30. The third-order valence-electron chi connectivity index (χ3n) is 12.5. The van der Waals surface area contributed by atoms with Gasteiger partial charge in [-0.15, -0.1) is 0 Å². The molecule has 0 aliphatic carbocycles. The fraction of sp³-hybridized carbons (Fsp3) is 0.288. The summed E-state index contributed by atoms with van der Waals surface area (Å²) < 4.78 is 16.2. The minimum atomic E-state index is -0.534. The van der Waals surface area contributed by atoms with Crippen molar-refractivity contribution in [3.8, 4) is 0 Å². The lowest BCUT2D eigenvalue weighted by molar-refractivity contribution is -0.123. The molecular formula is C59H68N4O5. The molecule has 0 bridgehead atoms. The molecule has 9 nitrogen and oxygen atoms in total. The Labute approximate surface area is 404 Å². The van der Waals surface area contributed by atoms with Crippen LogP contribution < -0.4 is 20.4 Å². The quantitative estimate of drug-likeness (QED) is 0.0735. The summed E-state index contributed by atoms with van der Waals surface area (Å²) in [5.74, 6) is 0.812. The van der Waals surface area contributed by atoms with E-state index in [9.17, 15) is 9.59 Å². The van der Waals surface area contributed by atoms with Gasteiger partial charge in [0.1, 0.15) is 17.8 Å². The molecule has 354 valence electrons. The molecule has 0 spiro atoms. The molecular weight excluding hydrogens is 845 g/mol. The van der Waals surface area contributed by atoms with E-state index in [2.05, 4.69) is 125 Å². The maximum Gasteiger partial charge on any atom is 0.248 e. The summed E-state index contributed by atoms with van der Waals surface area (Å²) in [7, 11) is 3.19. The third kappa shape index (κ3) is 14.4. The van der Waals surface area contributed by atoms with Crippen molar-refractivity contribution in [3.63, 3.8) is 0 Å². The second-order valence-corrected chi connectivity index (χ2v) is 17.4. The lowest BCUT2D eigenvalue weighted by atomic mass is 10.0. The fourth-order valence-electron chi connectivity index (χ4n) is 7.90. The third-order valence-corrected chi connectivity index (χ3v) is 12.5. The molecule has 0 saturated heterocycles. The Morgan fingerprint density at radius 3 is 1.35 bits per heavy atom. The van der Waals surface area contributed by atoms with E-state index in [0.29, 0.717) is 26.2 Å². The fourth-order valence-corrected chi connectivity index (χ4v) is 7.90. The Hall–Kier alpha value is -6.62. The molecule has 2 N–H and O–H groups in total. The molecule has 0 aliphatic rings. The van der Waals surface area contributed by atoms with Gasteiger partial charge < -0.3 is 23.7 Å². The van der Waals surface area contributed by atoms with Crippen molar-refractivity contribution in [3.05, 3.63) is 225 Å². The topological polar surface area (TPSA) is 96.3 Å². The van der Waals surface area contributed by atoms with Gasteiger partial charge in [0.15, 0.2) is 6.29 Å². The number of carbonyl (C=O) groups is 2.